The molecule has 0 saturated heterocycles. The van der Waals surface area contributed by atoms with Gasteiger partial charge in [0.15, 0.2) is 0 Å². The molecule has 0 aromatic rings. The van der Waals surface area contributed by atoms with Crippen LogP contribution >= 0.6 is 0 Å². The molecule has 2 rings (SSSR count). The SMILES string of the molecule is CC1=C2[C@@H](C[C@@H]1O)[C@](C)(O)CC[C@@H]([C@H](C)CO)[C@H]2O. The van der Waals surface area contributed by atoms with Crippen molar-refractivity contribution >= 4 is 0 Å². The van der Waals surface area contributed by atoms with Crippen LogP contribution in [0.3, 0.4) is 0 Å². The first kappa shape index (κ1) is 15.0. The summed E-state index contributed by atoms with van der Waals surface area (Å²) < 4.78 is 0. The van der Waals surface area contributed by atoms with Crippen LogP contribution in [0.4, 0.5) is 0 Å². The average Bonchev–Trinajstić information content (AvgIpc) is 2.61. The first-order valence-electron chi connectivity index (χ1n) is 7.19. The van der Waals surface area contributed by atoms with E-state index in [1.165, 1.54) is 0 Å². The van der Waals surface area contributed by atoms with Crippen LogP contribution in [0.2, 0.25) is 0 Å². The van der Waals surface area contributed by atoms with E-state index >= 15 is 0 Å². The Morgan fingerprint density at radius 3 is 2.58 bits per heavy atom. The number of rotatable bonds is 2. The van der Waals surface area contributed by atoms with Crippen molar-refractivity contribution < 1.29 is 20.4 Å². The van der Waals surface area contributed by atoms with Gasteiger partial charge >= 0.3 is 0 Å². The van der Waals surface area contributed by atoms with Gasteiger partial charge in [-0.15, -0.1) is 0 Å². The fourth-order valence-corrected chi connectivity index (χ4v) is 3.78. The van der Waals surface area contributed by atoms with Crippen LogP contribution < -0.4 is 0 Å². The minimum Gasteiger partial charge on any atom is -0.396 e. The van der Waals surface area contributed by atoms with Gasteiger partial charge in [-0.3, -0.25) is 0 Å². The Labute approximate surface area is 114 Å². The summed E-state index contributed by atoms with van der Waals surface area (Å²) in [6.45, 7) is 5.58. The van der Waals surface area contributed by atoms with Crippen LogP contribution in [0.5, 0.6) is 0 Å². The van der Waals surface area contributed by atoms with Crippen molar-refractivity contribution in [2.75, 3.05) is 6.61 Å². The third-order valence-corrected chi connectivity index (χ3v) is 5.27. The Balaban J connectivity index is 2.40. The second-order valence-electron chi connectivity index (χ2n) is 6.61. The number of aliphatic hydroxyl groups excluding tert-OH is 3. The molecular weight excluding hydrogens is 244 g/mol. The van der Waals surface area contributed by atoms with Crippen LogP contribution in [0.1, 0.15) is 40.0 Å². The van der Waals surface area contributed by atoms with Crippen LogP contribution in [0.15, 0.2) is 11.1 Å². The zero-order chi connectivity index (χ0) is 14.4. The molecule has 0 aromatic carbocycles. The van der Waals surface area contributed by atoms with E-state index in [0.717, 1.165) is 11.1 Å². The van der Waals surface area contributed by atoms with Crippen LogP contribution in [0, 0.1) is 17.8 Å². The highest BCUT2D eigenvalue weighted by Gasteiger charge is 2.48. The molecule has 2 aliphatic carbocycles. The topological polar surface area (TPSA) is 80.9 Å². The highest BCUT2D eigenvalue weighted by molar-refractivity contribution is 5.32. The molecule has 0 unspecified atom stereocenters. The zero-order valence-electron chi connectivity index (χ0n) is 12.0. The largest absolute Gasteiger partial charge is 0.396 e. The maximum absolute atomic E-state index is 10.6. The van der Waals surface area contributed by atoms with Crippen LogP contribution in [-0.2, 0) is 0 Å². The molecule has 1 fully saturated rings. The lowest BCUT2D eigenvalue weighted by Gasteiger charge is -2.31. The molecule has 1 saturated carbocycles. The van der Waals surface area contributed by atoms with Crippen molar-refractivity contribution in [2.24, 2.45) is 17.8 Å². The molecule has 2 aliphatic rings. The molecule has 4 nitrogen and oxygen atoms in total. The van der Waals surface area contributed by atoms with Crippen molar-refractivity contribution in [3.05, 3.63) is 11.1 Å². The minimum absolute atomic E-state index is 0.0115. The molecule has 0 aromatic heterocycles. The van der Waals surface area contributed by atoms with E-state index in [2.05, 4.69) is 0 Å². The Kier molecular flexibility index (Phi) is 4.07. The zero-order valence-corrected chi connectivity index (χ0v) is 12.0. The quantitative estimate of drug-likeness (QED) is 0.560. The molecule has 0 heterocycles. The number of hydrogen-bond acceptors (Lipinski definition) is 4. The van der Waals surface area contributed by atoms with Crippen molar-refractivity contribution in [3.8, 4) is 0 Å². The standard InChI is InChI=1S/C15H26O4/c1-8(7-16)10-4-5-15(3,19)11-6-12(17)9(2)13(11)14(10)18/h8,10-12,14,16-19H,4-7H2,1-3H3/t8-,10+,11-,12+,14-,15-/m1/s1. The maximum Gasteiger partial charge on any atom is 0.0788 e. The monoisotopic (exact) mass is 270 g/mol. The summed E-state index contributed by atoms with van der Waals surface area (Å²) in [7, 11) is 0. The second-order valence-corrected chi connectivity index (χ2v) is 6.61. The summed E-state index contributed by atoms with van der Waals surface area (Å²) in [6.07, 6.45) is 0.542. The summed E-state index contributed by atoms with van der Waals surface area (Å²) in [6, 6.07) is 0. The first-order chi connectivity index (χ1) is 8.79. The molecule has 0 spiro atoms. The van der Waals surface area contributed by atoms with Crippen molar-refractivity contribution in [3.63, 3.8) is 0 Å². The summed E-state index contributed by atoms with van der Waals surface area (Å²) >= 11 is 0. The number of fused-ring (bicyclic) bond motifs is 1. The van der Waals surface area contributed by atoms with Gasteiger partial charge in [0.25, 0.3) is 0 Å². The van der Waals surface area contributed by atoms with E-state index in [0.29, 0.717) is 19.3 Å². The second kappa shape index (κ2) is 5.17. The lowest BCUT2D eigenvalue weighted by Crippen LogP contribution is -2.35. The predicted molar refractivity (Wildman–Crippen MR) is 72.4 cm³/mol. The fraction of sp³-hybridized carbons (Fsp3) is 0.867. The molecule has 0 radical (unpaired) electrons. The van der Waals surface area contributed by atoms with E-state index in [-0.39, 0.29) is 24.4 Å². The molecule has 0 bridgehead atoms. The molecule has 0 amide bonds. The van der Waals surface area contributed by atoms with E-state index in [4.69, 9.17) is 0 Å². The summed E-state index contributed by atoms with van der Waals surface area (Å²) in [5.41, 5.74) is 0.717. The van der Waals surface area contributed by atoms with Gasteiger partial charge in [0.1, 0.15) is 0 Å². The molecule has 4 heteroatoms. The molecule has 19 heavy (non-hydrogen) atoms. The van der Waals surface area contributed by atoms with Gasteiger partial charge in [0.05, 0.1) is 17.8 Å². The maximum atomic E-state index is 10.6. The van der Waals surface area contributed by atoms with Gasteiger partial charge in [-0.2, -0.15) is 0 Å². The van der Waals surface area contributed by atoms with Gasteiger partial charge in [-0.05, 0) is 56.1 Å². The van der Waals surface area contributed by atoms with Gasteiger partial charge in [0, 0.05) is 12.5 Å². The summed E-state index contributed by atoms with van der Waals surface area (Å²) in [5, 5.41) is 40.7. The van der Waals surface area contributed by atoms with E-state index in [1.54, 1.807) is 6.92 Å². The van der Waals surface area contributed by atoms with Gasteiger partial charge < -0.3 is 20.4 Å². The molecule has 0 aliphatic heterocycles. The summed E-state index contributed by atoms with van der Waals surface area (Å²) in [5.74, 6) is -0.243. The lowest BCUT2D eigenvalue weighted by atomic mass is 9.81. The average molecular weight is 270 g/mol. The number of hydrogen-bond donors (Lipinski definition) is 4. The van der Waals surface area contributed by atoms with Crippen molar-refractivity contribution in [1.82, 2.24) is 0 Å². The summed E-state index contributed by atoms with van der Waals surface area (Å²) in [4.78, 5) is 0. The van der Waals surface area contributed by atoms with Crippen LogP contribution in [0.25, 0.3) is 0 Å². The Morgan fingerprint density at radius 1 is 1.37 bits per heavy atom. The minimum atomic E-state index is -0.890. The predicted octanol–water partition coefficient (Wildman–Crippen LogP) is 0.834. The first-order valence-corrected chi connectivity index (χ1v) is 7.19. The Bertz CT molecular complexity index is 374. The van der Waals surface area contributed by atoms with Crippen LogP contribution in [-0.4, -0.2) is 44.8 Å². The highest BCUT2D eigenvalue weighted by Crippen LogP contribution is 2.48. The van der Waals surface area contributed by atoms with E-state index in [9.17, 15) is 20.4 Å². The van der Waals surface area contributed by atoms with E-state index in [1.807, 2.05) is 13.8 Å². The Hall–Kier alpha value is -0.420. The van der Waals surface area contributed by atoms with Crippen molar-refractivity contribution in [2.45, 2.75) is 57.8 Å². The smallest absolute Gasteiger partial charge is 0.0788 e. The van der Waals surface area contributed by atoms with Crippen molar-refractivity contribution in [1.29, 1.82) is 0 Å². The molecular formula is C15H26O4. The third-order valence-electron chi connectivity index (χ3n) is 5.27. The lowest BCUT2D eigenvalue weighted by molar-refractivity contribution is -0.00294. The van der Waals surface area contributed by atoms with Gasteiger partial charge in [-0.1, -0.05) is 6.92 Å². The highest BCUT2D eigenvalue weighted by atomic mass is 16.3. The molecule has 6 atom stereocenters. The Morgan fingerprint density at radius 2 is 2.00 bits per heavy atom. The third kappa shape index (κ3) is 2.47. The molecule has 4 N–H and O–H groups in total. The normalized spacial score (nSPS) is 45.0. The fourth-order valence-electron chi connectivity index (χ4n) is 3.78. The van der Waals surface area contributed by atoms with Gasteiger partial charge in [0.2, 0.25) is 0 Å². The molecule has 110 valence electrons. The van der Waals surface area contributed by atoms with Gasteiger partial charge in [-0.25, -0.2) is 0 Å². The number of aliphatic hydroxyl groups is 4. The van der Waals surface area contributed by atoms with E-state index < -0.39 is 17.8 Å².